The van der Waals surface area contributed by atoms with Crippen LogP contribution >= 0.6 is 11.6 Å². The second kappa shape index (κ2) is 9.18. The van der Waals surface area contributed by atoms with Gasteiger partial charge in [0.25, 0.3) is 5.91 Å². The van der Waals surface area contributed by atoms with E-state index in [1.54, 1.807) is 0 Å². The minimum absolute atomic E-state index is 0.0479. The number of sulfone groups is 1. The number of benzene rings is 2. The van der Waals surface area contributed by atoms with Crippen LogP contribution in [-0.2, 0) is 14.6 Å². The van der Waals surface area contributed by atoms with Crippen molar-refractivity contribution in [2.24, 2.45) is 5.92 Å². The number of carbonyl (C=O) groups is 2. The molecule has 2 atom stereocenters. The molecule has 8 heteroatoms. The van der Waals surface area contributed by atoms with Gasteiger partial charge < -0.3 is 10.6 Å². The first-order valence-electron chi connectivity index (χ1n) is 9.91. The maximum Gasteiger partial charge on any atom is 0.251 e. The molecule has 0 aliphatic heterocycles. The van der Waals surface area contributed by atoms with Gasteiger partial charge in [-0.15, -0.1) is 0 Å². The molecule has 0 radical (unpaired) electrons. The fourth-order valence-corrected chi connectivity index (χ4v) is 5.24. The van der Waals surface area contributed by atoms with E-state index in [-0.39, 0.29) is 27.4 Å². The van der Waals surface area contributed by atoms with Crippen molar-refractivity contribution >= 4 is 38.9 Å². The number of rotatable bonds is 5. The highest BCUT2D eigenvalue weighted by Crippen LogP contribution is 2.30. The molecule has 2 N–H and O–H groups in total. The van der Waals surface area contributed by atoms with Crippen LogP contribution in [0.2, 0.25) is 5.02 Å². The van der Waals surface area contributed by atoms with Crippen LogP contribution in [0.4, 0.5) is 5.69 Å². The zero-order chi connectivity index (χ0) is 21.9. The molecule has 2 aromatic carbocycles. The van der Waals surface area contributed by atoms with Gasteiger partial charge in [0.1, 0.15) is 0 Å². The number of halogens is 1. The van der Waals surface area contributed by atoms with Gasteiger partial charge in [0.15, 0.2) is 0 Å². The lowest BCUT2D eigenvalue weighted by Gasteiger charge is -2.29. The van der Waals surface area contributed by atoms with Crippen molar-refractivity contribution in [1.82, 2.24) is 5.32 Å². The summed E-state index contributed by atoms with van der Waals surface area (Å²) in [5.74, 6) is -0.320. The Kier molecular flexibility index (Phi) is 6.83. The van der Waals surface area contributed by atoms with Gasteiger partial charge in [0.05, 0.1) is 15.5 Å². The topological polar surface area (TPSA) is 92.3 Å². The highest BCUT2D eigenvalue weighted by molar-refractivity contribution is 7.91. The summed E-state index contributed by atoms with van der Waals surface area (Å²) in [5.41, 5.74) is 0.369. The molecule has 0 saturated heterocycles. The Morgan fingerprint density at radius 2 is 1.70 bits per heavy atom. The number of hydrogen-bond acceptors (Lipinski definition) is 4. The van der Waals surface area contributed by atoms with E-state index in [1.807, 2.05) is 0 Å². The first kappa shape index (κ1) is 22.3. The molecular formula is C22H25ClN2O4S. The second-order valence-corrected chi connectivity index (χ2v) is 10.0. The molecule has 0 bridgehead atoms. The maximum atomic E-state index is 13.1. The molecule has 1 aliphatic rings. The summed E-state index contributed by atoms with van der Waals surface area (Å²) in [6.07, 6.45) is 4.23. The number of amides is 2. The van der Waals surface area contributed by atoms with E-state index in [0.29, 0.717) is 16.5 Å². The van der Waals surface area contributed by atoms with E-state index < -0.39 is 15.7 Å². The third kappa shape index (κ3) is 5.02. The average molecular weight is 449 g/mol. The molecule has 1 aliphatic carbocycles. The van der Waals surface area contributed by atoms with Crippen molar-refractivity contribution in [3.8, 4) is 0 Å². The fourth-order valence-electron chi connectivity index (χ4n) is 3.72. The molecule has 160 valence electrons. The van der Waals surface area contributed by atoms with Crippen molar-refractivity contribution in [3.63, 3.8) is 0 Å². The third-order valence-electron chi connectivity index (χ3n) is 5.39. The van der Waals surface area contributed by atoms with Crippen LogP contribution in [0.15, 0.2) is 52.3 Å². The van der Waals surface area contributed by atoms with Crippen molar-refractivity contribution in [1.29, 1.82) is 0 Å². The molecule has 0 unspecified atom stereocenters. The SMILES string of the molecule is CC(=O)Nc1cc(C(=O)N[C@@H]2CCCC[C@@H]2C)ccc1S(=O)(=O)c1ccc(Cl)cc1. The van der Waals surface area contributed by atoms with Crippen LogP contribution in [-0.4, -0.2) is 26.3 Å². The summed E-state index contributed by atoms with van der Waals surface area (Å²) in [4.78, 5) is 24.4. The number of carbonyl (C=O) groups excluding carboxylic acids is 2. The Hall–Kier alpha value is -2.38. The van der Waals surface area contributed by atoms with Gasteiger partial charge in [-0.05, 0) is 61.2 Å². The maximum absolute atomic E-state index is 13.1. The van der Waals surface area contributed by atoms with Gasteiger partial charge in [-0.25, -0.2) is 8.42 Å². The molecule has 0 spiro atoms. The summed E-state index contributed by atoms with van der Waals surface area (Å²) in [5, 5.41) is 6.01. The van der Waals surface area contributed by atoms with Crippen LogP contribution in [0.5, 0.6) is 0 Å². The zero-order valence-electron chi connectivity index (χ0n) is 16.9. The standard InChI is InChI=1S/C22H25ClN2O4S/c1-14-5-3-4-6-19(14)25-22(27)16-7-12-21(20(13-16)24-15(2)26)30(28,29)18-10-8-17(23)9-11-18/h7-14,19H,3-6H2,1-2H3,(H,24,26)(H,25,27)/t14-,19+/m0/s1. The first-order valence-corrected chi connectivity index (χ1v) is 11.8. The van der Waals surface area contributed by atoms with Gasteiger partial charge in [-0.2, -0.15) is 0 Å². The van der Waals surface area contributed by atoms with E-state index in [1.165, 1.54) is 49.4 Å². The molecule has 0 aromatic heterocycles. The van der Waals surface area contributed by atoms with E-state index in [2.05, 4.69) is 17.6 Å². The van der Waals surface area contributed by atoms with E-state index >= 15 is 0 Å². The Balaban J connectivity index is 1.94. The minimum atomic E-state index is -3.92. The predicted octanol–water partition coefficient (Wildman–Crippen LogP) is 4.44. The Bertz CT molecular complexity index is 1050. The Morgan fingerprint density at radius 3 is 2.33 bits per heavy atom. The quantitative estimate of drug-likeness (QED) is 0.707. The smallest absolute Gasteiger partial charge is 0.251 e. The van der Waals surface area contributed by atoms with Crippen LogP contribution in [0, 0.1) is 5.92 Å². The van der Waals surface area contributed by atoms with Crippen molar-refractivity contribution in [2.45, 2.75) is 55.4 Å². The van der Waals surface area contributed by atoms with Gasteiger partial charge in [-0.1, -0.05) is 31.4 Å². The summed E-state index contributed by atoms with van der Waals surface area (Å²) >= 11 is 5.86. The highest BCUT2D eigenvalue weighted by atomic mass is 35.5. The minimum Gasteiger partial charge on any atom is -0.349 e. The molecule has 6 nitrogen and oxygen atoms in total. The zero-order valence-corrected chi connectivity index (χ0v) is 18.5. The van der Waals surface area contributed by atoms with Crippen molar-refractivity contribution in [3.05, 3.63) is 53.1 Å². The molecule has 2 aromatic rings. The second-order valence-electron chi connectivity index (χ2n) is 7.69. The van der Waals surface area contributed by atoms with Crippen molar-refractivity contribution in [2.75, 3.05) is 5.32 Å². The predicted molar refractivity (Wildman–Crippen MR) is 117 cm³/mol. The largest absolute Gasteiger partial charge is 0.349 e. The van der Waals surface area contributed by atoms with E-state index in [4.69, 9.17) is 11.6 Å². The van der Waals surface area contributed by atoms with Crippen LogP contribution < -0.4 is 10.6 Å². The summed E-state index contributed by atoms with van der Waals surface area (Å²) in [6, 6.07) is 10.1. The molecular weight excluding hydrogens is 424 g/mol. The van der Waals surface area contributed by atoms with Gasteiger partial charge in [-0.3, -0.25) is 9.59 Å². The average Bonchev–Trinajstić information content (AvgIpc) is 2.69. The monoisotopic (exact) mass is 448 g/mol. The van der Waals surface area contributed by atoms with Gasteiger partial charge in [0.2, 0.25) is 15.7 Å². The molecule has 3 rings (SSSR count). The number of hydrogen-bond donors (Lipinski definition) is 2. The van der Waals surface area contributed by atoms with Gasteiger partial charge in [0, 0.05) is 23.6 Å². The molecule has 2 amide bonds. The molecule has 0 heterocycles. The lowest BCUT2D eigenvalue weighted by Crippen LogP contribution is -2.41. The van der Waals surface area contributed by atoms with E-state index in [0.717, 1.165) is 25.7 Å². The van der Waals surface area contributed by atoms with E-state index in [9.17, 15) is 18.0 Å². The van der Waals surface area contributed by atoms with Crippen LogP contribution in [0.1, 0.15) is 49.9 Å². The highest BCUT2D eigenvalue weighted by Gasteiger charge is 2.26. The van der Waals surface area contributed by atoms with Crippen LogP contribution in [0.3, 0.4) is 0 Å². The molecule has 1 fully saturated rings. The third-order valence-corrected chi connectivity index (χ3v) is 7.47. The summed E-state index contributed by atoms with van der Waals surface area (Å²) in [7, 11) is -3.92. The normalized spacial score (nSPS) is 19.2. The van der Waals surface area contributed by atoms with Crippen LogP contribution in [0.25, 0.3) is 0 Å². The number of nitrogens with one attached hydrogen (secondary N) is 2. The first-order chi connectivity index (χ1) is 14.2. The van der Waals surface area contributed by atoms with Gasteiger partial charge >= 0.3 is 0 Å². The summed E-state index contributed by atoms with van der Waals surface area (Å²) in [6.45, 7) is 3.41. The lowest BCUT2D eigenvalue weighted by molar-refractivity contribution is -0.114. The Labute approximate surface area is 181 Å². The summed E-state index contributed by atoms with van der Waals surface area (Å²) < 4.78 is 26.2. The Morgan fingerprint density at radius 1 is 1.03 bits per heavy atom. The number of anilines is 1. The molecule has 30 heavy (non-hydrogen) atoms. The fraction of sp³-hybridized carbons (Fsp3) is 0.364. The molecule has 1 saturated carbocycles. The van der Waals surface area contributed by atoms with Crippen molar-refractivity contribution < 1.29 is 18.0 Å². The lowest BCUT2D eigenvalue weighted by atomic mass is 9.86.